The van der Waals surface area contributed by atoms with E-state index in [4.69, 9.17) is 4.74 Å². The highest BCUT2D eigenvalue weighted by atomic mass is 16.5. The fourth-order valence-electron chi connectivity index (χ4n) is 2.63. The molecule has 4 atom stereocenters. The minimum atomic E-state index is -0.195. The van der Waals surface area contributed by atoms with Gasteiger partial charge in [-0.2, -0.15) is 0 Å². The second-order valence-corrected chi connectivity index (χ2v) is 5.41. The molecular weight excluding hydrogens is 226 g/mol. The molecule has 18 heavy (non-hydrogen) atoms. The normalized spacial score (nSPS) is 31.9. The molecule has 98 valence electrons. The van der Waals surface area contributed by atoms with Crippen molar-refractivity contribution in [2.24, 2.45) is 0 Å². The van der Waals surface area contributed by atoms with Gasteiger partial charge in [0.25, 0.3) is 0 Å². The highest BCUT2D eigenvalue weighted by Crippen LogP contribution is 2.15. The van der Waals surface area contributed by atoms with Gasteiger partial charge >= 0.3 is 5.97 Å². The maximum Gasteiger partial charge on any atom is 0.338 e. The molecule has 0 radical (unpaired) electrons. The fraction of sp³-hybridized carbons (Fsp3) is 0.533. The van der Waals surface area contributed by atoms with Crippen molar-refractivity contribution >= 4 is 5.97 Å². The number of hydrogen-bond donors (Lipinski definition) is 1. The van der Waals surface area contributed by atoms with Gasteiger partial charge in [-0.15, -0.1) is 0 Å². The number of likely N-dealkylation sites (tertiary alicyclic amines) is 1. The number of nitrogens with one attached hydrogen (secondary N) is 1. The molecule has 0 bridgehead atoms. The summed E-state index contributed by atoms with van der Waals surface area (Å²) < 4.78 is 5.61. The summed E-state index contributed by atoms with van der Waals surface area (Å²) in [4.78, 5) is 13.5. The monoisotopic (exact) mass is 248 g/mol. The highest BCUT2D eigenvalue weighted by Gasteiger charge is 2.33. The van der Waals surface area contributed by atoms with E-state index < -0.39 is 0 Å². The van der Waals surface area contributed by atoms with E-state index in [0.29, 0.717) is 17.6 Å². The first kappa shape index (κ1) is 13.1. The lowest BCUT2D eigenvalue weighted by molar-refractivity contribution is -0.933. The first-order chi connectivity index (χ1) is 8.58. The molecule has 0 spiro atoms. The Morgan fingerprint density at radius 3 is 2.28 bits per heavy atom. The molecule has 1 aromatic rings. The van der Waals surface area contributed by atoms with E-state index in [1.165, 1.54) is 4.90 Å². The summed E-state index contributed by atoms with van der Waals surface area (Å²) in [5.74, 6) is -0.195. The van der Waals surface area contributed by atoms with Crippen LogP contribution in [-0.4, -0.2) is 31.2 Å². The number of hydrogen-bond acceptors (Lipinski definition) is 2. The van der Waals surface area contributed by atoms with Crippen LogP contribution in [0.2, 0.25) is 0 Å². The van der Waals surface area contributed by atoms with Gasteiger partial charge in [0, 0.05) is 12.8 Å². The van der Waals surface area contributed by atoms with Crippen LogP contribution in [0, 0.1) is 0 Å². The number of piperidine rings is 1. The van der Waals surface area contributed by atoms with Crippen molar-refractivity contribution in [2.45, 2.75) is 44.9 Å². The molecule has 2 unspecified atom stereocenters. The van der Waals surface area contributed by atoms with Crippen LogP contribution in [0.1, 0.15) is 37.0 Å². The van der Waals surface area contributed by atoms with Crippen LogP contribution < -0.4 is 4.90 Å². The number of ether oxygens (including phenoxy) is 1. The quantitative estimate of drug-likeness (QED) is 0.800. The van der Waals surface area contributed by atoms with E-state index in [0.717, 1.165) is 12.8 Å². The second kappa shape index (κ2) is 5.53. The predicted octanol–water partition coefficient (Wildman–Crippen LogP) is 1.30. The van der Waals surface area contributed by atoms with E-state index >= 15 is 0 Å². The van der Waals surface area contributed by atoms with Gasteiger partial charge in [-0.05, 0) is 26.0 Å². The smallest absolute Gasteiger partial charge is 0.338 e. The summed E-state index contributed by atoms with van der Waals surface area (Å²) in [5, 5.41) is 0. The van der Waals surface area contributed by atoms with E-state index in [2.05, 4.69) is 20.9 Å². The maximum absolute atomic E-state index is 12.0. The topological polar surface area (TPSA) is 30.7 Å². The summed E-state index contributed by atoms with van der Waals surface area (Å²) >= 11 is 0. The zero-order valence-electron chi connectivity index (χ0n) is 11.3. The Labute approximate surface area is 109 Å². The Kier molecular flexibility index (Phi) is 4.02. The standard InChI is InChI=1S/C15H21NO2/c1-11-9-14(10-12(2)16(11)3)18-15(17)13-7-5-4-6-8-13/h4-8,11-12,14H,9-10H2,1-3H3/p+1/t11-,12+,14?. The van der Waals surface area contributed by atoms with Gasteiger partial charge in [0.2, 0.25) is 0 Å². The zero-order valence-corrected chi connectivity index (χ0v) is 11.3. The van der Waals surface area contributed by atoms with Gasteiger partial charge in [0.15, 0.2) is 0 Å². The Morgan fingerprint density at radius 2 is 1.72 bits per heavy atom. The van der Waals surface area contributed by atoms with Gasteiger partial charge in [0.05, 0.1) is 24.7 Å². The third-order valence-electron chi connectivity index (χ3n) is 4.07. The first-order valence-electron chi connectivity index (χ1n) is 6.67. The second-order valence-electron chi connectivity index (χ2n) is 5.41. The van der Waals surface area contributed by atoms with Crippen molar-refractivity contribution in [2.75, 3.05) is 7.05 Å². The predicted molar refractivity (Wildman–Crippen MR) is 70.7 cm³/mol. The van der Waals surface area contributed by atoms with Crippen molar-refractivity contribution in [1.82, 2.24) is 0 Å². The molecule has 0 amide bonds. The molecular formula is C15H22NO2+. The van der Waals surface area contributed by atoms with Crippen molar-refractivity contribution in [3.63, 3.8) is 0 Å². The minimum absolute atomic E-state index is 0.0615. The van der Waals surface area contributed by atoms with Crippen molar-refractivity contribution in [3.8, 4) is 0 Å². The zero-order chi connectivity index (χ0) is 13.1. The minimum Gasteiger partial charge on any atom is -0.458 e. The molecule has 1 heterocycles. The summed E-state index contributed by atoms with van der Waals surface area (Å²) in [7, 11) is 2.21. The summed E-state index contributed by atoms with van der Waals surface area (Å²) in [6.45, 7) is 4.43. The van der Waals surface area contributed by atoms with Crippen molar-refractivity contribution < 1.29 is 14.4 Å². The number of benzene rings is 1. The fourth-order valence-corrected chi connectivity index (χ4v) is 2.63. The van der Waals surface area contributed by atoms with E-state index in [-0.39, 0.29) is 12.1 Å². The van der Waals surface area contributed by atoms with Gasteiger partial charge < -0.3 is 9.64 Å². The first-order valence-corrected chi connectivity index (χ1v) is 6.67. The Morgan fingerprint density at radius 1 is 1.17 bits per heavy atom. The lowest BCUT2D eigenvalue weighted by Gasteiger charge is -2.36. The lowest BCUT2D eigenvalue weighted by Crippen LogP contribution is -3.17. The van der Waals surface area contributed by atoms with Crippen molar-refractivity contribution in [1.29, 1.82) is 0 Å². The molecule has 0 aromatic heterocycles. The summed E-state index contributed by atoms with van der Waals surface area (Å²) in [6.07, 6.45) is 1.97. The molecule has 1 aliphatic heterocycles. The lowest BCUT2D eigenvalue weighted by atomic mass is 9.95. The van der Waals surface area contributed by atoms with Crippen LogP contribution >= 0.6 is 0 Å². The molecule has 1 aliphatic rings. The molecule has 1 fully saturated rings. The van der Waals surface area contributed by atoms with Crippen LogP contribution in [0.25, 0.3) is 0 Å². The third-order valence-corrected chi connectivity index (χ3v) is 4.07. The van der Waals surface area contributed by atoms with E-state index in [9.17, 15) is 4.79 Å². The molecule has 3 nitrogen and oxygen atoms in total. The van der Waals surface area contributed by atoms with Crippen LogP contribution in [-0.2, 0) is 4.74 Å². The molecule has 0 saturated carbocycles. The van der Waals surface area contributed by atoms with Crippen LogP contribution in [0.15, 0.2) is 30.3 Å². The molecule has 1 saturated heterocycles. The third kappa shape index (κ3) is 2.91. The highest BCUT2D eigenvalue weighted by molar-refractivity contribution is 5.89. The van der Waals surface area contributed by atoms with Gasteiger partial charge in [-0.25, -0.2) is 4.79 Å². The van der Waals surface area contributed by atoms with Crippen LogP contribution in [0.5, 0.6) is 0 Å². The van der Waals surface area contributed by atoms with Gasteiger partial charge in [-0.1, -0.05) is 18.2 Å². The average molecular weight is 248 g/mol. The number of carbonyl (C=O) groups excluding carboxylic acids is 1. The van der Waals surface area contributed by atoms with E-state index in [1.54, 1.807) is 12.1 Å². The van der Waals surface area contributed by atoms with Gasteiger partial charge in [-0.3, -0.25) is 0 Å². The molecule has 1 N–H and O–H groups in total. The number of quaternary nitrogens is 1. The van der Waals surface area contributed by atoms with Crippen molar-refractivity contribution in [3.05, 3.63) is 35.9 Å². The molecule has 1 aromatic carbocycles. The SMILES string of the molecule is C[C@@H]1CC(OC(=O)c2ccccc2)C[C@H](C)[NH+]1C. The summed E-state index contributed by atoms with van der Waals surface area (Å²) in [6, 6.07) is 10.3. The Hall–Kier alpha value is -1.35. The Bertz CT molecular complexity index is 392. The number of carbonyl (C=O) groups is 1. The number of esters is 1. The molecule has 2 rings (SSSR count). The average Bonchev–Trinajstić information content (AvgIpc) is 2.37. The number of rotatable bonds is 2. The van der Waals surface area contributed by atoms with Gasteiger partial charge in [0.1, 0.15) is 6.10 Å². The Balaban J connectivity index is 1.96. The maximum atomic E-state index is 12.0. The van der Waals surface area contributed by atoms with Crippen LogP contribution in [0.4, 0.5) is 0 Å². The molecule has 0 aliphatic carbocycles. The van der Waals surface area contributed by atoms with Crippen LogP contribution in [0.3, 0.4) is 0 Å². The summed E-state index contributed by atoms with van der Waals surface area (Å²) in [5.41, 5.74) is 0.643. The van der Waals surface area contributed by atoms with E-state index in [1.807, 2.05) is 18.2 Å². The molecule has 3 heteroatoms. The largest absolute Gasteiger partial charge is 0.458 e.